The summed E-state index contributed by atoms with van der Waals surface area (Å²) in [6.07, 6.45) is 4.48. The second kappa shape index (κ2) is 23.8. The first-order chi connectivity index (χ1) is 23.4. The topological polar surface area (TPSA) is 143 Å². The average molecular weight is 782 g/mol. The van der Waals surface area contributed by atoms with Crippen LogP contribution in [-0.2, 0) is 62.3 Å². The number of halogens is 2. The largest absolute Gasteiger partial charge is 0.464 e. The van der Waals surface area contributed by atoms with Crippen LogP contribution in [0, 0.1) is 13.8 Å². The summed E-state index contributed by atoms with van der Waals surface area (Å²) in [6, 6.07) is 16.6. The number of rotatable bonds is 15. The molecule has 3 N–H and O–H groups in total. The molecule has 0 aliphatic rings. The summed E-state index contributed by atoms with van der Waals surface area (Å²) in [6.45, 7) is 9.70. The fourth-order valence-corrected chi connectivity index (χ4v) is 5.90. The summed E-state index contributed by atoms with van der Waals surface area (Å²) in [7, 11) is 0. The van der Waals surface area contributed by atoms with Crippen molar-refractivity contribution in [3.05, 3.63) is 103 Å². The average Bonchev–Trinajstić information content (AvgIpc) is 3.68. The molecule has 10 nitrogen and oxygen atoms in total. The van der Waals surface area contributed by atoms with E-state index in [1.165, 1.54) is 16.7 Å². The highest BCUT2D eigenvalue weighted by Crippen LogP contribution is 2.15. The Morgan fingerprint density at radius 2 is 1.14 bits per heavy atom. The van der Waals surface area contributed by atoms with Crippen molar-refractivity contribution in [2.45, 2.75) is 78.7 Å². The second-order valence-corrected chi connectivity index (χ2v) is 14.5. The quantitative estimate of drug-likeness (QED) is 0.0966. The summed E-state index contributed by atoms with van der Waals surface area (Å²) in [5, 5.41) is 8.81. The smallest absolute Gasteiger partial charge is 0.408 e. The first-order valence-electron chi connectivity index (χ1n) is 16.3. The summed E-state index contributed by atoms with van der Waals surface area (Å²) in [5.41, 5.74) is 11.7. The van der Waals surface area contributed by atoms with E-state index in [4.69, 9.17) is 19.9 Å². The standard InChI is InChI=1S/C21H28N2O4S.C16H20N2O2S.2ClH/c1-15-23-18(14-28-15)9-8-16-6-5-7-17(12-16)10-11-26-19(24)13-22-20(25)27-21(2,3)4;1-12-18-15(11-21-12)6-5-13-3-2-4-14(9-13)7-8-20-16(19)10-17;;/h5-7,12,14H,8-11,13H2,1-4H3,(H,22,25);2-4,9,11H,5-8,10,17H2,1H3;2*1H. The molecule has 4 rings (SSSR count). The maximum atomic E-state index is 11.7. The Hall–Kier alpha value is -3.55. The lowest BCUT2D eigenvalue weighted by molar-refractivity contribution is -0.143. The molecular formula is C37H50Cl2N4O6S2. The van der Waals surface area contributed by atoms with E-state index in [-0.39, 0.29) is 50.5 Å². The van der Waals surface area contributed by atoms with Gasteiger partial charge in [-0.05, 0) is 82.6 Å². The lowest BCUT2D eigenvalue weighted by atomic mass is 10.0. The summed E-state index contributed by atoms with van der Waals surface area (Å²) < 4.78 is 15.2. The Balaban J connectivity index is 0.000000509. The molecule has 0 radical (unpaired) electrons. The van der Waals surface area contributed by atoms with E-state index in [1.54, 1.807) is 43.4 Å². The molecule has 2 aromatic carbocycles. The SMILES string of the molecule is Cc1nc(CCc2cccc(CCOC(=O)CN)c2)cs1.Cc1nc(CCc2cccc(CCOC(=O)CNC(=O)OC(C)(C)C)c2)cs1.Cl.Cl. The van der Waals surface area contributed by atoms with Gasteiger partial charge in [0.1, 0.15) is 12.1 Å². The van der Waals surface area contributed by atoms with Crippen LogP contribution in [0.25, 0.3) is 0 Å². The van der Waals surface area contributed by atoms with Crippen molar-refractivity contribution in [3.8, 4) is 0 Å². The molecule has 51 heavy (non-hydrogen) atoms. The molecule has 280 valence electrons. The number of carbonyl (C=O) groups excluding carboxylic acids is 3. The van der Waals surface area contributed by atoms with Crippen LogP contribution in [0.5, 0.6) is 0 Å². The minimum absolute atomic E-state index is 0. The van der Waals surface area contributed by atoms with E-state index < -0.39 is 17.7 Å². The highest BCUT2D eigenvalue weighted by atomic mass is 35.5. The number of alkyl carbamates (subject to hydrolysis) is 1. The molecule has 0 fully saturated rings. The van der Waals surface area contributed by atoms with Crippen LogP contribution < -0.4 is 11.1 Å². The number of amides is 1. The molecule has 0 aliphatic heterocycles. The molecule has 2 aromatic heterocycles. The predicted octanol–water partition coefficient (Wildman–Crippen LogP) is 6.97. The number of benzene rings is 2. The fourth-order valence-electron chi connectivity index (χ4n) is 4.61. The molecule has 1 amide bonds. The maximum Gasteiger partial charge on any atom is 0.408 e. The number of aryl methyl sites for hydroxylation is 6. The van der Waals surface area contributed by atoms with Gasteiger partial charge < -0.3 is 25.3 Å². The Morgan fingerprint density at radius 3 is 1.53 bits per heavy atom. The zero-order valence-electron chi connectivity index (χ0n) is 29.9. The lowest BCUT2D eigenvalue weighted by Crippen LogP contribution is -2.36. The van der Waals surface area contributed by atoms with Crippen LogP contribution in [0.15, 0.2) is 59.3 Å². The van der Waals surface area contributed by atoms with Crippen molar-refractivity contribution in [1.82, 2.24) is 15.3 Å². The van der Waals surface area contributed by atoms with Gasteiger partial charge >= 0.3 is 18.0 Å². The summed E-state index contributed by atoms with van der Waals surface area (Å²) in [4.78, 5) is 43.2. The van der Waals surface area contributed by atoms with Crippen molar-refractivity contribution >= 4 is 65.5 Å². The van der Waals surface area contributed by atoms with Crippen molar-refractivity contribution < 1.29 is 28.6 Å². The van der Waals surface area contributed by atoms with E-state index in [0.29, 0.717) is 13.0 Å². The first kappa shape index (κ1) is 45.5. The number of esters is 2. The third kappa shape index (κ3) is 19.6. The van der Waals surface area contributed by atoms with Crippen molar-refractivity contribution in [1.29, 1.82) is 0 Å². The number of hydrogen-bond donors (Lipinski definition) is 2. The van der Waals surface area contributed by atoms with Gasteiger partial charge in [-0.1, -0.05) is 48.5 Å². The van der Waals surface area contributed by atoms with E-state index in [1.807, 2.05) is 38.1 Å². The Bertz CT molecular complexity index is 1640. The molecule has 0 saturated heterocycles. The van der Waals surface area contributed by atoms with Crippen molar-refractivity contribution in [2.75, 3.05) is 26.3 Å². The number of ether oxygens (including phenoxy) is 3. The zero-order valence-corrected chi connectivity index (χ0v) is 33.2. The molecule has 4 aromatic rings. The molecular weight excluding hydrogens is 731 g/mol. The monoisotopic (exact) mass is 780 g/mol. The van der Waals surface area contributed by atoms with Gasteiger partial charge in [0.25, 0.3) is 0 Å². The van der Waals surface area contributed by atoms with Gasteiger partial charge in [-0.15, -0.1) is 47.5 Å². The minimum atomic E-state index is -0.632. The molecule has 0 bridgehead atoms. The van der Waals surface area contributed by atoms with Crippen LogP contribution in [-0.4, -0.2) is 59.9 Å². The highest BCUT2D eigenvalue weighted by Gasteiger charge is 2.17. The lowest BCUT2D eigenvalue weighted by Gasteiger charge is -2.19. The molecule has 0 atom stereocenters. The molecule has 0 spiro atoms. The van der Waals surface area contributed by atoms with E-state index in [9.17, 15) is 14.4 Å². The number of thiazole rings is 2. The Morgan fingerprint density at radius 1 is 0.706 bits per heavy atom. The van der Waals surface area contributed by atoms with Gasteiger partial charge in [0, 0.05) is 23.6 Å². The first-order valence-corrected chi connectivity index (χ1v) is 18.1. The molecule has 0 unspecified atom stereocenters. The zero-order chi connectivity index (χ0) is 35.6. The van der Waals surface area contributed by atoms with Gasteiger partial charge in [-0.2, -0.15) is 0 Å². The number of carbonyl (C=O) groups is 3. The van der Waals surface area contributed by atoms with Crippen LogP contribution in [0.1, 0.15) is 64.4 Å². The van der Waals surface area contributed by atoms with Crippen LogP contribution >= 0.6 is 47.5 Å². The van der Waals surface area contributed by atoms with Gasteiger partial charge in [-0.3, -0.25) is 9.59 Å². The highest BCUT2D eigenvalue weighted by molar-refractivity contribution is 7.09. The van der Waals surface area contributed by atoms with E-state index >= 15 is 0 Å². The minimum Gasteiger partial charge on any atom is -0.464 e. The summed E-state index contributed by atoms with van der Waals surface area (Å²) in [5.74, 6) is -0.842. The Kier molecular flexibility index (Phi) is 21.2. The third-order valence-corrected chi connectivity index (χ3v) is 8.55. The molecule has 0 saturated carbocycles. The molecule has 0 aliphatic carbocycles. The number of nitrogens with one attached hydrogen (secondary N) is 1. The predicted molar refractivity (Wildman–Crippen MR) is 209 cm³/mol. The van der Waals surface area contributed by atoms with Gasteiger partial charge in [0.15, 0.2) is 0 Å². The van der Waals surface area contributed by atoms with Gasteiger partial charge in [0.2, 0.25) is 0 Å². The van der Waals surface area contributed by atoms with E-state index in [0.717, 1.165) is 59.1 Å². The van der Waals surface area contributed by atoms with Crippen molar-refractivity contribution in [2.24, 2.45) is 5.73 Å². The number of hydrogen-bond acceptors (Lipinski definition) is 11. The van der Waals surface area contributed by atoms with Crippen LogP contribution in [0.3, 0.4) is 0 Å². The molecule has 14 heteroatoms. The maximum absolute atomic E-state index is 11.7. The van der Waals surface area contributed by atoms with E-state index in [2.05, 4.69) is 50.3 Å². The third-order valence-electron chi connectivity index (χ3n) is 6.91. The van der Waals surface area contributed by atoms with Crippen LogP contribution in [0.4, 0.5) is 4.79 Å². The number of aromatic nitrogens is 2. The fraction of sp³-hybridized carbons (Fsp3) is 0.432. The number of nitrogens with zero attached hydrogens (tertiary/aromatic N) is 2. The van der Waals surface area contributed by atoms with Crippen molar-refractivity contribution in [3.63, 3.8) is 0 Å². The normalized spacial score (nSPS) is 10.5. The molecule has 2 heterocycles. The van der Waals surface area contributed by atoms with Gasteiger partial charge in [0.05, 0.1) is 41.2 Å². The van der Waals surface area contributed by atoms with Gasteiger partial charge in [-0.25, -0.2) is 14.8 Å². The Labute approximate surface area is 321 Å². The summed E-state index contributed by atoms with van der Waals surface area (Å²) >= 11 is 3.36. The van der Waals surface area contributed by atoms with Crippen LogP contribution in [0.2, 0.25) is 0 Å². The second-order valence-electron chi connectivity index (χ2n) is 12.4. The number of nitrogens with two attached hydrogens (primary N) is 1.